The fourth-order valence-electron chi connectivity index (χ4n) is 1.71. The van der Waals surface area contributed by atoms with Crippen molar-refractivity contribution in [2.45, 2.75) is 0 Å². The van der Waals surface area contributed by atoms with Crippen molar-refractivity contribution in [2.24, 2.45) is 0 Å². The number of urea groups is 1. The molecule has 0 saturated carbocycles. The summed E-state index contributed by atoms with van der Waals surface area (Å²) in [6, 6.07) is 10.5. The molecule has 1 heterocycles. The topological polar surface area (TPSA) is 80.6 Å². The Balaban J connectivity index is 2.12. The van der Waals surface area contributed by atoms with Gasteiger partial charge in [0.25, 0.3) is 5.91 Å². The number of benzene rings is 1. The summed E-state index contributed by atoms with van der Waals surface area (Å²) in [5, 5.41) is 2.17. The van der Waals surface area contributed by atoms with Crippen molar-refractivity contribution in [3.63, 3.8) is 0 Å². The number of ether oxygens (including phenoxy) is 1. The molecule has 0 aliphatic carbocycles. The smallest absolute Gasteiger partial charge is 0.356 e. The zero-order valence-electron chi connectivity index (χ0n) is 11.6. The third-order valence-corrected chi connectivity index (χ3v) is 3.14. The Morgan fingerprint density at radius 1 is 1.14 bits per heavy atom. The van der Waals surface area contributed by atoms with Crippen LogP contribution in [-0.4, -0.2) is 29.7 Å². The number of aromatic nitrogens is 1. The number of rotatable bonds is 3. The fourth-order valence-corrected chi connectivity index (χ4v) is 1.92. The lowest BCUT2D eigenvalue weighted by Crippen LogP contribution is -2.44. The third-order valence-electron chi connectivity index (χ3n) is 2.76. The second-order valence-corrected chi connectivity index (χ2v) is 4.52. The number of thiol groups is 1. The van der Waals surface area contributed by atoms with Gasteiger partial charge in [-0.1, -0.05) is 18.2 Å². The molecule has 0 spiro atoms. The van der Waals surface area contributed by atoms with Crippen LogP contribution in [0.1, 0.15) is 20.8 Å². The number of imide groups is 1. The molecule has 0 atom stereocenters. The van der Waals surface area contributed by atoms with E-state index in [9.17, 15) is 14.4 Å². The minimum absolute atomic E-state index is 0.0970. The summed E-state index contributed by atoms with van der Waals surface area (Å²) >= 11 is 4.00. The summed E-state index contributed by atoms with van der Waals surface area (Å²) in [7, 11) is 1.22. The fraction of sp³-hybridized carbons (Fsp3) is 0.0714. The predicted octanol–water partition coefficient (Wildman–Crippen LogP) is 1.61. The van der Waals surface area contributed by atoms with E-state index < -0.39 is 17.9 Å². The van der Waals surface area contributed by atoms with Crippen molar-refractivity contribution >= 4 is 30.7 Å². The Labute approximate surface area is 132 Å². The van der Waals surface area contributed by atoms with Crippen LogP contribution in [-0.2, 0) is 4.74 Å². The Morgan fingerprint density at radius 3 is 2.45 bits per heavy atom. The second kappa shape index (κ2) is 6.81. The molecule has 0 unspecified atom stereocenters. The van der Waals surface area contributed by atoms with Crippen LogP contribution in [0.15, 0.2) is 48.7 Å². The number of carbonyl (C=O) groups excluding carboxylic acids is 3. The molecule has 0 radical (unpaired) electrons. The highest BCUT2D eigenvalue weighted by Gasteiger charge is 2.20. The second-order valence-electron chi connectivity index (χ2n) is 4.14. The molecule has 0 aliphatic heterocycles. The van der Waals surface area contributed by atoms with E-state index in [1.165, 1.54) is 19.4 Å². The molecule has 2 aromatic rings. The molecule has 0 fully saturated rings. The first kappa shape index (κ1) is 15.6. The van der Waals surface area contributed by atoms with Crippen LogP contribution >= 0.6 is 12.8 Å². The SMILES string of the molecule is COC(=O)c1cccn1N(S)C(=O)NC(=O)c1ccccc1. The average Bonchev–Trinajstić information content (AvgIpc) is 3.03. The largest absolute Gasteiger partial charge is 0.464 e. The highest BCUT2D eigenvalue weighted by molar-refractivity contribution is 7.82. The minimum Gasteiger partial charge on any atom is -0.464 e. The van der Waals surface area contributed by atoms with Gasteiger partial charge in [0.15, 0.2) is 0 Å². The molecule has 0 saturated heterocycles. The van der Waals surface area contributed by atoms with Crippen LogP contribution in [0.3, 0.4) is 0 Å². The van der Waals surface area contributed by atoms with Crippen molar-refractivity contribution in [1.29, 1.82) is 0 Å². The highest BCUT2D eigenvalue weighted by atomic mass is 32.1. The lowest BCUT2D eigenvalue weighted by atomic mass is 10.2. The first-order valence-electron chi connectivity index (χ1n) is 6.20. The molecule has 114 valence electrons. The maximum absolute atomic E-state index is 12.0. The molecule has 3 amide bonds. The Kier molecular flexibility index (Phi) is 4.84. The molecule has 1 aromatic heterocycles. The van der Waals surface area contributed by atoms with Crippen LogP contribution in [0.5, 0.6) is 0 Å². The molecule has 0 aliphatic rings. The van der Waals surface area contributed by atoms with Crippen LogP contribution in [0.25, 0.3) is 0 Å². The molecule has 1 aromatic carbocycles. The van der Waals surface area contributed by atoms with Crippen molar-refractivity contribution in [1.82, 2.24) is 9.99 Å². The zero-order valence-corrected chi connectivity index (χ0v) is 12.5. The predicted molar refractivity (Wildman–Crippen MR) is 82.3 cm³/mol. The maximum Gasteiger partial charge on any atom is 0.356 e. The van der Waals surface area contributed by atoms with E-state index >= 15 is 0 Å². The first-order chi connectivity index (χ1) is 10.5. The van der Waals surface area contributed by atoms with E-state index in [1.807, 2.05) is 0 Å². The molecule has 2 rings (SSSR count). The van der Waals surface area contributed by atoms with E-state index in [4.69, 9.17) is 0 Å². The Hall–Kier alpha value is -2.74. The molecule has 1 N–H and O–H groups in total. The van der Waals surface area contributed by atoms with Crippen LogP contribution in [0.2, 0.25) is 0 Å². The minimum atomic E-state index is -0.807. The summed E-state index contributed by atoms with van der Waals surface area (Å²) in [5.74, 6) is -1.21. The maximum atomic E-state index is 12.0. The average molecular weight is 319 g/mol. The summed E-state index contributed by atoms with van der Waals surface area (Å²) in [5.41, 5.74) is 0.429. The molecular weight excluding hydrogens is 306 g/mol. The van der Waals surface area contributed by atoms with Gasteiger partial charge in [0.2, 0.25) is 0 Å². The number of nitrogens with one attached hydrogen (secondary N) is 1. The van der Waals surface area contributed by atoms with Gasteiger partial charge >= 0.3 is 12.0 Å². The van der Waals surface area contributed by atoms with Crippen molar-refractivity contribution in [3.8, 4) is 0 Å². The van der Waals surface area contributed by atoms with Gasteiger partial charge in [-0.3, -0.25) is 10.1 Å². The van der Waals surface area contributed by atoms with E-state index in [2.05, 4.69) is 22.9 Å². The number of nitrogens with zero attached hydrogens (tertiary/aromatic N) is 2. The van der Waals surface area contributed by atoms with E-state index in [0.29, 0.717) is 5.56 Å². The summed E-state index contributed by atoms with van der Waals surface area (Å²) in [6.45, 7) is 0. The van der Waals surface area contributed by atoms with Crippen molar-refractivity contribution < 1.29 is 19.1 Å². The van der Waals surface area contributed by atoms with E-state index in [-0.39, 0.29) is 5.69 Å². The van der Waals surface area contributed by atoms with Gasteiger partial charge in [-0.25, -0.2) is 14.3 Å². The third kappa shape index (κ3) is 3.29. The lowest BCUT2D eigenvalue weighted by molar-refractivity contribution is 0.0590. The molecular formula is C14H13N3O4S. The number of amides is 3. The number of hydrogen-bond donors (Lipinski definition) is 2. The van der Waals surface area contributed by atoms with Crippen LogP contribution in [0, 0.1) is 0 Å². The van der Waals surface area contributed by atoms with Crippen molar-refractivity contribution in [3.05, 3.63) is 59.9 Å². The monoisotopic (exact) mass is 319 g/mol. The van der Waals surface area contributed by atoms with Crippen molar-refractivity contribution in [2.75, 3.05) is 11.5 Å². The van der Waals surface area contributed by atoms with Gasteiger partial charge in [0.1, 0.15) is 5.69 Å². The first-order valence-corrected chi connectivity index (χ1v) is 6.60. The molecule has 7 nitrogen and oxygen atoms in total. The quantitative estimate of drug-likeness (QED) is 0.665. The van der Waals surface area contributed by atoms with Gasteiger partial charge in [-0.05, 0) is 37.1 Å². The van der Waals surface area contributed by atoms with Gasteiger partial charge < -0.3 is 4.74 Å². The van der Waals surface area contributed by atoms with Gasteiger partial charge in [-0.15, -0.1) is 0 Å². The molecule has 8 heteroatoms. The van der Waals surface area contributed by atoms with E-state index in [1.54, 1.807) is 36.4 Å². The number of methoxy groups -OCH3 is 1. The number of carbonyl (C=O) groups is 3. The summed E-state index contributed by atoms with van der Waals surface area (Å²) in [4.78, 5) is 35.5. The van der Waals surface area contributed by atoms with Crippen LogP contribution < -0.4 is 9.73 Å². The molecule has 22 heavy (non-hydrogen) atoms. The summed E-state index contributed by atoms with van der Waals surface area (Å²) in [6.07, 6.45) is 1.44. The molecule has 0 bridgehead atoms. The lowest BCUT2D eigenvalue weighted by Gasteiger charge is -2.19. The Bertz CT molecular complexity index is 699. The van der Waals surface area contributed by atoms with Gasteiger partial charge in [0.05, 0.1) is 7.11 Å². The van der Waals surface area contributed by atoms with Gasteiger partial charge in [-0.2, -0.15) is 4.41 Å². The summed E-state index contributed by atoms with van der Waals surface area (Å²) < 4.78 is 6.55. The highest BCUT2D eigenvalue weighted by Crippen LogP contribution is 2.08. The number of esters is 1. The zero-order chi connectivity index (χ0) is 16.1. The van der Waals surface area contributed by atoms with Crippen LogP contribution in [0.4, 0.5) is 4.79 Å². The normalized spacial score (nSPS) is 9.91. The van der Waals surface area contributed by atoms with E-state index in [0.717, 1.165) is 9.09 Å². The standard InChI is InChI=1S/C14H13N3O4S/c1-21-13(19)11-8-5-9-16(11)17(22)14(20)15-12(18)10-6-3-2-4-7-10/h2-9,22H,1H3,(H,15,18,20). The van der Waals surface area contributed by atoms with Gasteiger partial charge in [0, 0.05) is 11.8 Å². The number of hydrogen-bond acceptors (Lipinski definition) is 5. The Morgan fingerprint density at radius 2 is 1.82 bits per heavy atom.